The van der Waals surface area contributed by atoms with Crippen LogP contribution in [0.2, 0.25) is 0 Å². The van der Waals surface area contributed by atoms with Crippen LogP contribution in [0, 0.1) is 42.4 Å². The van der Waals surface area contributed by atoms with Crippen molar-refractivity contribution in [2.45, 2.75) is 25.9 Å². The van der Waals surface area contributed by atoms with Crippen LogP contribution in [-0.4, -0.2) is 18.0 Å². The molecular weight excluding hydrogens is 294 g/mol. The number of para-hydroxylation sites is 1. The number of ether oxygens (including phenoxy) is 2. The summed E-state index contributed by atoms with van der Waals surface area (Å²) >= 11 is 0. The van der Waals surface area contributed by atoms with Gasteiger partial charge in [0.2, 0.25) is 0 Å². The van der Waals surface area contributed by atoms with E-state index in [9.17, 15) is 9.59 Å². The first-order valence-electron chi connectivity index (χ1n) is 7.56. The zero-order chi connectivity index (χ0) is 16.8. The van der Waals surface area contributed by atoms with Crippen molar-refractivity contribution < 1.29 is 19.1 Å². The van der Waals surface area contributed by atoms with E-state index in [0.717, 1.165) is 0 Å². The second-order valence-electron chi connectivity index (χ2n) is 5.51. The number of hydrogen-bond donors (Lipinski definition) is 0. The summed E-state index contributed by atoms with van der Waals surface area (Å²) in [6, 6.07) is 10.6. The van der Waals surface area contributed by atoms with Crippen molar-refractivity contribution >= 4 is 11.9 Å². The molecule has 1 aliphatic rings. The molecule has 0 saturated heterocycles. The van der Waals surface area contributed by atoms with Crippen LogP contribution >= 0.6 is 0 Å². The number of carbonyl (C=O) groups excluding carboxylic acids is 2. The summed E-state index contributed by atoms with van der Waals surface area (Å²) in [5.41, 5.74) is 0. The van der Waals surface area contributed by atoms with E-state index >= 15 is 0 Å². The molecule has 2 radical (unpaired) electrons. The van der Waals surface area contributed by atoms with E-state index in [-0.39, 0.29) is 5.92 Å². The Morgan fingerprint density at radius 1 is 1.35 bits per heavy atom. The maximum absolute atomic E-state index is 12.5. The van der Waals surface area contributed by atoms with E-state index in [1.54, 1.807) is 30.7 Å². The molecule has 0 aromatic heterocycles. The smallest absolute Gasteiger partial charge is 0.315 e. The van der Waals surface area contributed by atoms with E-state index in [4.69, 9.17) is 14.7 Å². The molecule has 1 aliphatic carbocycles. The van der Waals surface area contributed by atoms with Crippen LogP contribution in [-0.2, 0) is 14.3 Å². The van der Waals surface area contributed by atoms with Crippen LogP contribution in [0.1, 0.15) is 19.8 Å². The molecule has 1 aromatic carbocycles. The summed E-state index contributed by atoms with van der Waals surface area (Å²) in [4.78, 5) is 24.7. The van der Waals surface area contributed by atoms with Crippen LogP contribution in [0.3, 0.4) is 0 Å². The molecule has 0 aliphatic heterocycles. The number of hydrogen-bond acceptors (Lipinski definition) is 5. The molecule has 1 aromatic rings. The maximum atomic E-state index is 12.5. The lowest BCUT2D eigenvalue weighted by molar-refractivity contribution is -0.156. The largest absolute Gasteiger partial charge is 0.447 e. The Balaban J connectivity index is 2.12. The summed E-state index contributed by atoms with van der Waals surface area (Å²) in [6.07, 6.45) is 2.03. The molecule has 0 spiro atoms. The molecule has 1 fully saturated rings. The highest BCUT2D eigenvalue weighted by molar-refractivity contribution is 5.85. The van der Waals surface area contributed by atoms with Crippen LogP contribution in [0.15, 0.2) is 30.3 Å². The number of esters is 2. The fraction of sp³-hybridized carbons (Fsp3) is 0.389. The first kappa shape index (κ1) is 17.0. The fourth-order valence-electron chi connectivity index (χ4n) is 2.74. The van der Waals surface area contributed by atoms with Crippen molar-refractivity contribution in [1.82, 2.24) is 0 Å². The highest BCUT2D eigenvalue weighted by atomic mass is 16.5. The molecule has 2 rings (SSSR count). The SMILES string of the molecule is [CH2]CC1C[CH]C(C(=O)OC(C)C#N)C1C(=O)Oc1ccccc1. The standard InChI is InChI=1S/C18H19NO4/c1-3-13-9-10-15(17(20)22-12(2)11-19)16(13)18(21)23-14-7-5-4-6-8-14/h4-8,10,12-13,15-16H,1,3,9H2,2H3. The van der Waals surface area contributed by atoms with E-state index in [2.05, 4.69) is 6.92 Å². The first-order chi connectivity index (χ1) is 11.1. The Morgan fingerprint density at radius 3 is 2.65 bits per heavy atom. The summed E-state index contributed by atoms with van der Waals surface area (Å²) in [5, 5.41) is 8.76. The van der Waals surface area contributed by atoms with Gasteiger partial charge in [0.1, 0.15) is 11.8 Å². The van der Waals surface area contributed by atoms with Crippen LogP contribution in [0.25, 0.3) is 0 Å². The van der Waals surface area contributed by atoms with Gasteiger partial charge < -0.3 is 9.47 Å². The summed E-state index contributed by atoms with van der Waals surface area (Å²) in [7, 11) is 0. The van der Waals surface area contributed by atoms with E-state index in [0.29, 0.717) is 18.6 Å². The van der Waals surface area contributed by atoms with Crippen molar-refractivity contribution in [3.05, 3.63) is 43.7 Å². The van der Waals surface area contributed by atoms with Crippen LogP contribution < -0.4 is 4.74 Å². The second kappa shape index (κ2) is 7.77. The Morgan fingerprint density at radius 2 is 2.04 bits per heavy atom. The molecule has 5 heteroatoms. The zero-order valence-electron chi connectivity index (χ0n) is 13.0. The number of nitrogens with zero attached hydrogens (tertiary/aromatic N) is 1. The monoisotopic (exact) mass is 313 g/mol. The van der Waals surface area contributed by atoms with Crippen molar-refractivity contribution in [3.8, 4) is 11.8 Å². The van der Waals surface area contributed by atoms with E-state index < -0.39 is 29.9 Å². The molecule has 5 nitrogen and oxygen atoms in total. The van der Waals surface area contributed by atoms with Gasteiger partial charge >= 0.3 is 11.9 Å². The lowest BCUT2D eigenvalue weighted by Gasteiger charge is -2.21. The topological polar surface area (TPSA) is 76.4 Å². The highest BCUT2D eigenvalue weighted by Gasteiger charge is 2.46. The van der Waals surface area contributed by atoms with Crippen molar-refractivity contribution in [3.63, 3.8) is 0 Å². The average molecular weight is 313 g/mol. The summed E-state index contributed by atoms with van der Waals surface area (Å²) in [5.74, 6) is -2.00. The number of nitriles is 1. The molecule has 0 bridgehead atoms. The van der Waals surface area contributed by atoms with Crippen LogP contribution in [0.4, 0.5) is 0 Å². The minimum Gasteiger partial charge on any atom is -0.447 e. The third-order valence-corrected chi connectivity index (χ3v) is 3.94. The minimum absolute atomic E-state index is 0.0684. The molecule has 1 saturated carbocycles. The van der Waals surface area contributed by atoms with Gasteiger partial charge in [0.05, 0.1) is 11.8 Å². The van der Waals surface area contributed by atoms with E-state index in [1.807, 2.05) is 12.1 Å². The van der Waals surface area contributed by atoms with Gasteiger partial charge in [-0.1, -0.05) is 25.1 Å². The fourth-order valence-corrected chi connectivity index (χ4v) is 2.74. The number of rotatable bonds is 5. The second-order valence-corrected chi connectivity index (χ2v) is 5.51. The van der Waals surface area contributed by atoms with Crippen LogP contribution in [0.5, 0.6) is 5.75 Å². The molecule has 4 atom stereocenters. The van der Waals surface area contributed by atoms with Gasteiger partial charge in [0.15, 0.2) is 6.10 Å². The molecular formula is C18H19NO4. The van der Waals surface area contributed by atoms with Gasteiger partial charge in [-0.25, -0.2) is 0 Å². The molecule has 120 valence electrons. The Labute approximate surface area is 136 Å². The van der Waals surface area contributed by atoms with Gasteiger partial charge in [-0.05, 0) is 44.2 Å². The Bertz CT molecular complexity index is 593. The van der Waals surface area contributed by atoms with E-state index in [1.165, 1.54) is 6.92 Å². The lowest BCUT2D eigenvalue weighted by atomic mass is 9.88. The Kier molecular flexibility index (Phi) is 5.75. The Hall–Kier alpha value is -2.35. The maximum Gasteiger partial charge on any atom is 0.315 e. The van der Waals surface area contributed by atoms with Gasteiger partial charge in [0.25, 0.3) is 0 Å². The third-order valence-electron chi connectivity index (χ3n) is 3.94. The molecule has 0 heterocycles. The molecule has 23 heavy (non-hydrogen) atoms. The lowest BCUT2D eigenvalue weighted by Crippen LogP contribution is -2.34. The summed E-state index contributed by atoms with van der Waals surface area (Å²) < 4.78 is 10.4. The predicted octanol–water partition coefficient (Wildman–Crippen LogP) is 2.73. The molecule has 0 amide bonds. The third kappa shape index (κ3) is 4.10. The number of benzene rings is 1. The van der Waals surface area contributed by atoms with Crippen molar-refractivity contribution in [1.29, 1.82) is 5.26 Å². The molecule has 4 unspecified atom stereocenters. The first-order valence-corrected chi connectivity index (χ1v) is 7.56. The van der Waals surface area contributed by atoms with Gasteiger partial charge in [-0.2, -0.15) is 5.26 Å². The normalized spacial score (nSPS) is 24.5. The zero-order valence-corrected chi connectivity index (χ0v) is 13.0. The van der Waals surface area contributed by atoms with Gasteiger partial charge in [0, 0.05) is 0 Å². The van der Waals surface area contributed by atoms with Gasteiger partial charge in [-0.15, -0.1) is 0 Å². The predicted molar refractivity (Wildman–Crippen MR) is 82.6 cm³/mol. The minimum atomic E-state index is -0.847. The average Bonchev–Trinajstić information content (AvgIpc) is 2.99. The van der Waals surface area contributed by atoms with Crippen molar-refractivity contribution in [2.24, 2.45) is 17.8 Å². The quantitative estimate of drug-likeness (QED) is 0.617. The van der Waals surface area contributed by atoms with Gasteiger partial charge in [-0.3, -0.25) is 9.59 Å². The summed E-state index contributed by atoms with van der Waals surface area (Å²) in [6.45, 7) is 5.34. The number of carbonyl (C=O) groups is 2. The van der Waals surface area contributed by atoms with Crippen molar-refractivity contribution in [2.75, 3.05) is 0 Å². The molecule has 0 N–H and O–H groups in total. The highest BCUT2D eigenvalue weighted by Crippen LogP contribution is 2.40.